The molecule has 5 nitrogen and oxygen atoms in total. The molecule has 2 aromatic rings. The van der Waals surface area contributed by atoms with E-state index in [-0.39, 0.29) is 5.91 Å². The summed E-state index contributed by atoms with van der Waals surface area (Å²) >= 11 is 0. The van der Waals surface area contributed by atoms with Crippen LogP contribution in [0, 0.1) is 5.92 Å². The molecule has 2 aromatic carbocycles. The molecule has 0 spiro atoms. The van der Waals surface area contributed by atoms with E-state index < -0.39 is 0 Å². The number of carbonyl (C=O) groups is 1. The molecule has 1 saturated heterocycles. The van der Waals surface area contributed by atoms with Gasteiger partial charge >= 0.3 is 0 Å². The van der Waals surface area contributed by atoms with Gasteiger partial charge in [0.25, 0.3) is 5.91 Å². The number of benzene rings is 2. The van der Waals surface area contributed by atoms with Gasteiger partial charge in [-0.25, -0.2) is 0 Å². The van der Waals surface area contributed by atoms with Gasteiger partial charge in [0.15, 0.2) is 6.54 Å². The third-order valence-corrected chi connectivity index (χ3v) is 5.40. The number of amides is 1. The number of piperidine rings is 1. The zero-order valence-corrected chi connectivity index (χ0v) is 17.2. The maximum atomic E-state index is 12.4. The van der Waals surface area contributed by atoms with Gasteiger partial charge in [0.2, 0.25) is 0 Å². The summed E-state index contributed by atoms with van der Waals surface area (Å²) in [6, 6.07) is 16.2. The molecule has 0 aromatic heterocycles. The van der Waals surface area contributed by atoms with E-state index in [0.29, 0.717) is 6.54 Å². The molecule has 150 valence electrons. The van der Waals surface area contributed by atoms with Crippen LogP contribution in [-0.4, -0.2) is 39.7 Å². The first-order valence-corrected chi connectivity index (χ1v) is 10.1. The fourth-order valence-corrected chi connectivity index (χ4v) is 3.70. The summed E-state index contributed by atoms with van der Waals surface area (Å²) < 4.78 is 5.26. The highest BCUT2D eigenvalue weighted by Crippen LogP contribution is 2.24. The summed E-state index contributed by atoms with van der Waals surface area (Å²) in [4.78, 5) is 15.9. The van der Waals surface area contributed by atoms with Crippen molar-refractivity contribution in [3.63, 3.8) is 0 Å². The maximum Gasteiger partial charge on any atom is 0.279 e. The molecule has 0 radical (unpaired) electrons. The van der Waals surface area contributed by atoms with Gasteiger partial charge in [0.1, 0.15) is 12.3 Å². The molecule has 0 aliphatic carbocycles. The third-order valence-electron chi connectivity index (χ3n) is 5.40. The summed E-state index contributed by atoms with van der Waals surface area (Å²) in [7, 11) is 3.69. The molecular weight excluding hydrogens is 350 g/mol. The van der Waals surface area contributed by atoms with E-state index in [0.717, 1.165) is 47.5 Å². The first-order valence-electron chi connectivity index (χ1n) is 10.1. The normalized spacial score (nSPS) is 15.9. The smallest absolute Gasteiger partial charge is 0.279 e. The lowest BCUT2D eigenvalue weighted by Crippen LogP contribution is -3.08. The predicted octanol–water partition coefficient (Wildman–Crippen LogP) is 2.58. The Morgan fingerprint density at radius 2 is 1.89 bits per heavy atom. The van der Waals surface area contributed by atoms with E-state index in [2.05, 4.69) is 35.3 Å². The van der Waals surface area contributed by atoms with Gasteiger partial charge in [-0.3, -0.25) is 4.79 Å². The fourth-order valence-electron chi connectivity index (χ4n) is 3.70. The number of methoxy groups -OCH3 is 1. The number of hydrogen-bond donors (Lipinski definition) is 2. The van der Waals surface area contributed by atoms with Crippen LogP contribution in [-0.2, 0) is 11.3 Å². The highest BCUT2D eigenvalue weighted by molar-refractivity contribution is 5.91. The zero-order chi connectivity index (χ0) is 19.9. The van der Waals surface area contributed by atoms with Gasteiger partial charge in [-0.2, -0.15) is 0 Å². The summed E-state index contributed by atoms with van der Waals surface area (Å²) in [5.41, 5.74) is 3.25. The van der Waals surface area contributed by atoms with Crippen LogP contribution in [0.1, 0.15) is 25.3 Å². The topological polar surface area (TPSA) is 46.0 Å². The van der Waals surface area contributed by atoms with Crippen molar-refractivity contribution in [2.45, 2.75) is 26.3 Å². The number of ether oxygens (including phenoxy) is 1. The lowest BCUT2D eigenvalue weighted by molar-refractivity contribution is -0.885. The van der Waals surface area contributed by atoms with Crippen molar-refractivity contribution in [2.24, 2.45) is 5.92 Å². The van der Waals surface area contributed by atoms with Crippen molar-refractivity contribution >= 4 is 17.3 Å². The monoisotopic (exact) mass is 382 g/mol. The molecule has 1 amide bonds. The molecule has 1 fully saturated rings. The maximum absolute atomic E-state index is 12.4. The summed E-state index contributed by atoms with van der Waals surface area (Å²) in [5, 5.41) is 3.02. The molecule has 2 N–H and O–H groups in total. The van der Waals surface area contributed by atoms with E-state index in [1.807, 2.05) is 37.4 Å². The molecule has 1 aliphatic heterocycles. The van der Waals surface area contributed by atoms with E-state index >= 15 is 0 Å². The van der Waals surface area contributed by atoms with Crippen LogP contribution in [0.4, 0.5) is 11.4 Å². The zero-order valence-electron chi connectivity index (χ0n) is 17.2. The highest BCUT2D eigenvalue weighted by Gasteiger charge is 2.16. The fraction of sp³-hybridized carbons (Fsp3) is 0.435. The lowest BCUT2D eigenvalue weighted by Gasteiger charge is -2.32. The second-order valence-electron chi connectivity index (χ2n) is 7.93. The van der Waals surface area contributed by atoms with E-state index in [4.69, 9.17) is 4.74 Å². The Bertz CT molecular complexity index is 768. The van der Waals surface area contributed by atoms with Crippen molar-refractivity contribution in [1.82, 2.24) is 0 Å². The number of hydrogen-bond acceptors (Lipinski definition) is 3. The number of carbonyl (C=O) groups excluding carboxylic acids is 1. The van der Waals surface area contributed by atoms with Gasteiger partial charge in [0, 0.05) is 30.0 Å². The van der Waals surface area contributed by atoms with E-state index in [1.54, 1.807) is 7.11 Å². The summed E-state index contributed by atoms with van der Waals surface area (Å²) in [6.45, 7) is 5.75. The van der Waals surface area contributed by atoms with Gasteiger partial charge in [0.05, 0.1) is 14.2 Å². The minimum atomic E-state index is 0.0277. The van der Waals surface area contributed by atoms with Crippen LogP contribution in [0.25, 0.3) is 0 Å². The standard InChI is InChI=1S/C23H31N3O2/c1-18-11-13-26(14-12-18)21-9-7-20(8-10-21)24-23(27)17-25(2)16-19-5-4-6-22(15-19)28-3/h4-10,15,18H,11-14,16-17H2,1-3H3,(H,24,27)/p+1. The van der Waals surface area contributed by atoms with E-state index in [1.165, 1.54) is 18.5 Å². The first-order chi connectivity index (χ1) is 13.5. The molecule has 0 saturated carbocycles. The van der Waals surface area contributed by atoms with Crippen LogP contribution >= 0.6 is 0 Å². The van der Waals surface area contributed by atoms with Crippen LogP contribution in [0.15, 0.2) is 48.5 Å². The average Bonchev–Trinajstić information content (AvgIpc) is 2.69. The van der Waals surface area contributed by atoms with Gasteiger partial charge in [-0.15, -0.1) is 0 Å². The molecule has 0 bridgehead atoms. The van der Waals surface area contributed by atoms with Crippen LogP contribution in [0.3, 0.4) is 0 Å². The SMILES string of the molecule is COc1cccc(C[NH+](C)CC(=O)Nc2ccc(N3CCC(C)CC3)cc2)c1. The van der Waals surface area contributed by atoms with Crippen molar-refractivity contribution < 1.29 is 14.4 Å². The molecule has 1 heterocycles. The Kier molecular flexibility index (Phi) is 6.93. The van der Waals surface area contributed by atoms with Crippen LogP contribution < -0.4 is 19.9 Å². The van der Waals surface area contributed by atoms with Crippen molar-refractivity contribution in [3.8, 4) is 5.75 Å². The first kappa shape index (κ1) is 20.2. The number of quaternary nitrogens is 1. The molecule has 3 rings (SSSR count). The number of nitrogens with zero attached hydrogens (tertiary/aromatic N) is 1. The van der Waals surface area contributed by atoms with E-state index in [9.17, 15) is 4.79 Å². The molecular formula is C23H32N3O2+. The average molecular weight is 383 g/mol. The van der Waals surface area contributed by atoms with Crippen LogP contribution in [0.2, 0.25) is 0 Å². The van der Waals surface area contributed by atoms with Crippen molar-refractivity contribution in [1.29, 1.82) is 0 Å². The minimum Gasteiger partial charge on any atom is -0.497 e. The van der Waals surface area contributed by atoms with Gasteiger partial charge in [-0.05, 0) is 55.2 Å². The molecule has 1 unspecified atom stereocenters. The lowest BCUT2D eigenvalue weighted by atomic mass is 9.99. The largest absolute Gasteiger partial charge is 0.497 e. The van der Waals surface area contributed by atoms with Gasteiger partial charge < -0.3 is 19.9 Å². The Hall–Kier alpha value is -2.53. The number of rotatable bonds is 7. The quantitative estimate of drug-likeness (QED) is 0.774. The Morgan fingerprint density at radius 1 is 1.18 bits per heavy atom. The summed E-state index contributed by atoms with van der Waals surface area (Å²) in [5.74, 6) is 1.70. The Balaban J connectivity index is 1.48. The predicted molar refractivity (Wildman–Crippen MR) is 114 cm³/mol. The second kappa shape index (κ2) is 9.60. The van der Waals surface area contributed by atoms with Crippen molar-refractivity contribution in [2.75, 3.05) is 44.0 Å². The minimum absolute atomic E-state index is 0.0277. The Labute approximate surface area is 168 Å². The number of likely N-dealkylation sites (N-methyl/N-ethyl adjacent to an activating group) is 1. The molecule has 5 heteroatoms. The second-order valence-corrected chi connectivity index (χ2v) is 7.93. The highest BCUT2D eigenvalue weighted by atomic mass is 16.5. The summed E-state index contributed by atoms with van der Waals surface area (Å²) in [6.07, 6.45) is 2.50. The number of anilines is 2. The Morgan fingerprint density at radius 3 is 2.57 bits per heavy atom. The van der Waals surface area contributed by atoms with Crippen LogP contribution in [0.5, 0.6) is 5.75 Å². The molecule has 1 atom stereocenters. The van der Waals surface area contributed by atoms with Crippen molar-refractivity contribution in [3.05, 3.63) is 54.1 Å². The molecule has 1 aliphatic rings. The number of nitrogens with one attached hydrogen (secondary N) is 2. The molecule has 28 heavy (non-hydrogen) atoms. The van der Waals surface area contributed by atoms with Gasteiger partial charge in [-0.1, -0.05) is 19.1 Å². The third kappa shape index (κ3) is 5.73.